The monoisotopic (exact) mass is 267 g/mol. The summed E-state index contributed by atoms with van der Waals surface area (Å²) in [5.74, 6) is 0.302. The summed E-state index contributed by atoms with van der Waals surface area (Å²) in [4.78, 5) is 12.8. The van der Waals surface area contributed by atoms with Crippen LogP contribution in [0.3, 0.4) is 0 Å². The van der Waals surface area contributed by atoms with E-state index < -0.39 is 0 Å². The Hall–Kier alpha value is -1.52. The summed E-state index contributed by atoms with van der Waals surface area (Å²) in [5.41, 5.74) is 6.60. The molecule has 0 aliphatic carbocycles. The molecule has 88 valence electrons. The van der Waals surface area contributed by atoms with Crippen molar-refractivity contribution in [2.24, 2.45) is 0 Å². The fourth-order valence-corrected chi connectivity index (χ4v) is 2.51. The Balaban J connectivity index is 2.50. The lowest BCUT2D eigenvalue weighted by Crippen LogP contribution is -2.06. The highest BCUT2D eigenvalue weighted by molar-refractivity contribution is 7.18. The van der Waals surface area contributed by atoms with Crippen molar-refractivity contribution in [1.82, 2.24) is 0 Å². The minimum absolute atomic E-state index is 0.170. The molecule has 1 heterocycles. The summed E-state index contributed by atoms with van der Waals surface area (Å²) in [6, 6.07) is 8.49. The number of rotatable bonds is 3. The van der Waals surface area contributed by atoms with Crippen molar-refractivity contribution in [3.63, 3.8) is 0 Å². The molecule has 0 saturated heterocycles. The van der Waals surface area contributed by atoms with Gasteiger partial charge in [-0.25, -0.2) is 0 Å². The first-order valence-corrected chi connectivity index (χ1v) is 6.05. The Morgan fingerprint density at radius 1 is 1.35 bits per heavy atom. The number of nitrogens with two attached hydrogens (primary N) is 1. The van der Waals surface area contributed by atoms with E-state index in [0.717, 1.165) is 0 Å². The van der Waals surface area contributed by atoms with Crippen LogP contribution >= 0.6 is 22.9 Å². The van der Waals surface area contributed by atoms with Crippen molar-refractivity contribution in [2.75, 3.05) is 12.8 Å². The molecule has 0 saturated carbocycles. The van der Waals surface area contributed by atoms with Crippen molar-refractivity contribution in [1.29, 1.82) is 0 Å². The van der Waals surface area contributed by atoms with Gasteiger partial charge in [0.15, 0.2) is 0 Å². The van der Waals surface area contributed by atoms with E-state index in [2.05, 4.69) is 0 Å². The fourth-order valence-electron chi connectivity index (χ4n) is 1.52. The van der Waals surface area contributed by atoms with Crippen LogP contribution in [-0.2, 0) is 0 Å². The number of ketones is 1. The zero-order valence-electron chi connectivity index (χ0n) is 9.07. The van der Waals surface area contributed by atoms with E-state index in [4.69, 9.17) is 22.1 Å². The van der Waals surface area contributed by atoms with Crippen LogP contribution in [0, 0.1) is 0 Å². The van der Waals surface area contributed by atoms with Gasteiger partial charge in [0.05, 0.1) is 21.9 Å². The van der Waals surface area contributed by atoms with Gasteiger partial charge in [0.25, 0.3) is 0 Å². The molecule has 0 spiro atoms. The summed E-state index contributed by atoms with van der Waals surface area (Å²) in [5, 5.41) is 0. The molecule has 0 unspecified atom stereocenters. The summed E-state index contributed by atoms with van der Waals surface area (Å²) < 4.78 is 5.72. The molecule has 0 aliphatic heterocycles. The molecule has 0 fully saturated rings. The molecule has 0 aliphatic rings. The van der Waals surface area contributed by atoms with E-state index >= 15 is 0 Å². The minimum atomic E-state index is -0.170. The SMILES string of the molecule is COc1cccc(N)c1C(=O)c1ccc(Cl)s1. The van der Waals surface area contributed by atoms with Crippen LogP contribution in [0.25, 0.3) is 0 Å². The first-order valence-electron chi connectivity index (χ1n) is 4.86. The predicted octanol–water partition coefficient (Wildman–Crippen LogP) is 3.22. The van der Waals surface area contributed by atoms with Crippen molar-refractivity contribution in [3.8, 4) is 5.75 Å². The van der Waals surface area contributed by atoms with Gasteiger partial charge in [-0.2, -0.15) is 0 Å². The maximum atomic E-state index is 12.3. The van der Waals surface area contributed by atoms with Crippen LogP contribution in [0.4, 0.5) is 5.69 Å². The average Bonchev–Trinajstić information content (AvgIpc) is 2.74. The van der Waals surface area contributed by atoms with E-state index in [1.807, 2.05) is 0 Å². The molecular formula is C12H10ClNO2S. The molecule has 2 rings (SSSR count). The van der Waals surface area contributed by atoms with Crippen molar-refractivity contribution in [3.05, 3.63) is 45.1 Å². The number of carbonyl (C=O) groups is 1. The van der Waals surface area contributed by atoms with E-state index in [9.17, 15) is 4.79 Å². The van der Waals surface area contributed by atoms with Gasteiger partial charge in [-0.05, 0) is 24.3 Å². The summed E-state index contributed by atoms with van der Waals surface area (Å²) in [6.45, 7) is 0. The predicted molar refractivity (Wildman–Crippen MR) is 70.2 cm³/mol. The molecule has 5 heteroatoms. The third-order valence-electron chi connectivity index (χ3n) is 2.30. The van der Waals surface area contributed by atoms with E-state index in [0.29, 0.717) is 26.2 Å². The van der Waals surface area contributed by atoms with Crippen LogP contribution in [-0.4, -0.2) is 12.9 Å². The van der Waals surface area contributed by atoms with E-state index in [1.165, 1.54) is 18.4 Å². The normalized spacial score (nSPS) is 10.2. The Labute approximate surface area is 108 Å². The highest BCUT2D eigenvalue weighted by Gasteiger charge is 2.18. The lowest BCUT2D eigenvalue weighted by molar-refractivity contribution is 0.104. The molecule has 0 radical (unpaired) electrons. The number of hydrogen-bond donors (Lipinski definition) is 1. The highest BCUT2D eigenvalue weighted by atomic mass is 35.5. The van der Waals surface area contributed by atoms with Crippen LogP contribution < -0.4 is 10.5 Å². The van der Waals surface area contributed by atoms with Gasteiger partial charge in [0, 0.05) is 5.69 Å². The van der Waals surface area contributed by atoms with E-state index in [-0.39, 0.29) is 5.78 Å². The van der Waals surface area contributed by atoms with Crippen LogP contribution in [0.15, 0.2) is 30.3 Å². The molecule has 2 aromatic rings. The molecule has 1 aromatic carbocycles. The van der Waals surface area contributed by atoms with Crippen molar-refractivity contribution >= 4 is 34.4 Å². The Kier molecular flexibility index (Phi) is 3.36. The van der Waals surface area contributed by atoms with Gasteiger partial charge in [-0.15, -0.1) is 11.3 Å². The standard InChI is InChI=1S/C12H10ClNO2S/c1-16-8-4-2-3-7(14)11(8)12(15)9-5-6-10(13)17-9/h2-6H,14H2,1H3. The highest BCUT2D eigenvalue weighted by Crippen LogP contribution is 2.30. The molecule has 3 nitrogen and oxygen atoms in total. The topological polar surface area (TPSA) is 52.3 Å². The van der Waals surface area contributed by atoms with Gasteiger partial charge in [-0.1, -0.05) is 17.7 Å². The zero-order chi connectivity index (χ0) is 12.4. The van der Waals surface area contributed by atoms with Gasteiger partial charge in [0.2, 0.25) is 5.78 Å². The number of ether oxygens (including phenoxy) is 1. The van der Waals surface area contributed by atoms with Crippen molar-refractivity contribution in [2.45, 2.75) is 0 Å². The number of carbonyl (C=O) groups excluding carboxylic acids is 1. The third-order valence-corrected chi connectivity index (χ3v) is 3.53. The summed E-state index contributed by atoms with van der Waals surface area (Å²) in [7, 11) is 1.51. The lowest BCUT2D eigenvalue weighted by Gasteiger charge is -2.08. The first kappa shape index (κ1) is 12.0. The second-order valence-electron chi connectivity index (χ2n) is 3.36. The zero-order valence-corrected chi connectivity index (χ0v) is 10.6. The Bertz CT molecular complexity index is 565. The van der Waals surface area contributed by atoms with Gasteiger partial charge in [-0.3, -0.25) is 4.79 Å². The second-order valence-corrected chi connectivity index (χ2v) is 5.07. The number of methoxy groups -OCH3 is 1. The molecule has 0 bridgehead atoms. The maximum absolute atomic E-state index is 12.3. The number of nitrogen functional groups attached to an aromatic ring is 1. The average molecular weight is 268 g/mol. The molecule has 0 atom stereocenters. The van der Waals surface area contributed by atoms with Crippen LogP contribution in [0.5, 0.6) is 5.75 Å². The largest absolute Gasteiger partial charge is 0.496 e. The Morgan fingerprint density at radius 3 is 2.71 bits per heavy atom. The molecule has 1 aromatic heterocycles. The van der Waals surface area contributed by atoms with Crippen LogP contribution in [0.2, 0.25) is 4.34 Å². The number of thiophene rings is 1. The second kappa shape index (κ2) is 4.77. The molecule has 17 heavy (non-hydrogen) atoms. The Morgan fingerprint density at radius 2 is 2.12 bits per heavy atom. The lowest BCUT2D eigenvalue weighted by atomic mass is 10.1. The smallest absolute Gasteiger partial charge is 0.208 e. The van der Waals surface area contributed by atoms with Crippen LogP contribution in [0.1, 0.15) is 15.2 Å². The molecular weight excluding hydrogens is 258 g/mol. The minimum Gasteiger partial charge on any atom is -0.496 e. The third kappa shape index (κ3) is 2.28. The van der Waals surface area contributed by atoms with Crippen molar-refractivity contribution < 1.29 is 9.53 Å². The fraction of sp³-hybridized carbons (Fsp3) is 0.0833. The van der Waals surface area contributed by atoms with Gasteiger partial charge < -0.3 is 10.5 Å². The molecule has 2 N–H and O–H groups in total. The van der Waals surface area contributed by atoms with E-state index in [1.54, 1.807) is 30.3 Å². The number of benzene rings is 1. The number of anilines is 1. The summed E-state index contributed by atoms with van der Waals surface area (Å²) in [6.07, 6.45) is 0. The quantitative estimate of drug-likeness (QED) is 0.686. The molecule has 0 amide bonds. The van der Waals surface area contributed by atoms with Gasteiger partial charge >= 0.3 is 0 Å². The van der Waals surface area contributed by atoms with Gasteiger partial charge in [0.1, 0.15) is 5.75 Å². The summed E-state index contributed by atoms with van der Waals surface area (Å²) >= 11 is 7.03. The first-order chi connectivity index (χ1) is 8.13. The number of halogens is 1. The number of hydrogen-bond acceptors (Lipinski definition) is 4. The maximum Gasteiger partial charge on any atom is 0.208 e.